The van der Waals surface area contributed by atoms with Crippen LogP contribution in [0.25, 0.3) is 11.1 Å². The number of nitrogens with one attached hydrogen (secondary N) is 2. The summed E-state index contributed by atoms with van der Waals surface area (Å²) in [5, 5.41) is 21.9. The smallest absolute Gasteiger partial charge is 0.268 e. The Kier molecular flexibility index (Phi) is 7.52. The Balaban J connectivity index is 1.86. The fourth-order valence-corrected chi connectivity index (χ4v) is 3.43. The molecule has 0 aliphatic carbocycles. The molecule has 172 valence electrons. The van der Waals surface area contributed by atoms with E-state index in [-0.39, 0.29) is 46.8 Å². The first-order valence-electron chi connectivity index (χ1n) is 10.5. The Morgan fingerprint density at radius 2 is 1.79 bits per heavy atom. The molecule has 0 radical (unpaired) electrons. The van der Waals surface area contributed by atoms with Crippen LogP contribution in [-0.4, -0.2) is 24.1 Å². The molecule has 0 bridgehead atoms. The Morgan fingerprint density at radius 1 is 1.09 bits per heavy atom. The van der Waals surface area contributed by atoms with Crippen molar-refractivity contribution in [2.24, 2.45) is 0 Å². The molecular weight excluding hydrogens is 434 g/mol. The molecule has 0 fully saturated rings. The number of aromatic amines is 1. The van der Waals surface area contributed by atoms with Gasteiger partial charge < -0.3 is 25.5 Å². The largest absolute Gasteiger partial charge is 0.490 e. The molecule has 0 saturated carbocycles. The number of nitrogens with zero attached hydrogens (tertiary/aromatic N) is 2. The summed E-state index contributed by atoms with van der Waals surface area (Å²) in [6, 6.07) is 17.8. The van der Waals surface area contributed by atoms with Crippen LogP contribution in [0.3, 0.4) is 0 Å². The fraction of sp³-hybridized carbons (Fsp3) is 0.200. The highest BCUT2D eigenvalue weighted by Gasteiger charge is 2.20. The van der Waals surface area contributed by atoms with E-state index in [4.69, 9.17) is 15.2 Å². The summed E-state index contributed by atoms with van der Waals surface area (Å²) in [5.74, 6) is 0.131. The number of nitrogen functional groups attached to an aromatic ring is 1. The van der Waals surface area contributed by atoms with Crippen molar-refractivity contribution < 1.29 is 14.3 Å². The number of nitrogens with two attached hydrogens (primary N) is 1. The molecule has 1 atom stereocenters. The maximum atomic E-state index is 12.4. The van der Waals surface area contributed by atoms with Gasteiger partial charge in [0.25, 0.3) is 11.5 Å². The van der Waals surface area contributed by atoms with Crippen molar-refractivity contribution in [3.63, 3.8) is 0 Å². The van der Waals surface area contributed by atoms with Gasteiger partial charge in [-0.25, -0.2) is 0 Å². The molecular formula is C25H23N5O4. The number of nitriles is 2. The summed E-state index contributed by atoms with van der Waals surface area (Å²) < 4.78 is 11.3. The molecule has 0 spiro atoms. The zero-order valence-corrected chi connectivity index (χ0v) is 18.7. The molecule has 2 aromatic carbocycles. The van der Waals surface area contributed by atoms with E-state index in [2.05, 4.69) is 10.3 Å². The molecule has 1 aromatic heterocycles. The van der Waals surface area contributed by atoms with E-state index in [0.717, 1.165) is 5.56 Å². The lowest BCUT2D eigenvalue weighted by atomic mass is 9.96. The van der Waals surface area contributed by atoms with Crippen LogP contribution in [0.15, 0.2) is 53.3 Å². The van der Waals surface area contributed by atoms with E-state index in [1.165, 1.54) is 0 Å². The first-order chi connectivity index (χ1) is 16.4. The summed E-state index contributed by atoms with van der Waals surface area (Å²) in [4.78, 5) is 26.9. The topological polar surface area (TPSA) is 154 Å². The Bertz CT molecular complexity index is 1340. The summed E-state index contributed by atoms with van der Waals surface area (Å²) in [6.45, 7) is 3.70. The van der Waals surface area contributed by atoms with Crippen LogP contribution in [0.2, 0.25) is 0 Å². The maximum absolute atomic E-state index is 12.4. The van der Waals surface area contributed by atoms with E-state index in [9.17, 15) is 20.1 Å². The van der Waals surface area contributed by atoms with Gasteiger partial charge in [0.2, 0.25) is 0 Å². The first kappa shape index (κ1) is 23.9. The van der Waals surface area contributed by atoms with Crippen LogP contribution in [0.5, 0.6) is 11.5 Å². The lowest BCUT2D eigenvalue weighted by molar-refractivity contribution is -0.123. The van der Waals surface area contributed by atoms with Crippen molar-refractivity contribution in [1.82, 2.24) is 10.3 Å². The monoisotopic (exact) mass is 457 g/mol. The average Bonchev–Trinajstić information content (AvgIpc) is 2.83. The Hall–Kier alpha value is -4.76. The molecule has 0 aliphatic heterocycles. The highest BCUT2D eigenvalue weighted by Crippen LogP contribution is 2.35. The van der Waals surface area contributed by atoms with Crippen LogP contribution in [-0.2, 0) is 4.79 Å². The molecule has 1 amide bonds. The lowest BCUT2D eigenvalue weighted by Crippen LogP contribution is -2.31. The van der Waals surface area contributed by atoms with Crippen molar-refractivity contribution in [1.29, 1.82) is 10.5 Å². The second-order valence-corrected chi connectivity index (χ2v) is 7.30. The SMILES string of the molecule is CCOc1cc(-c2c(C#N)c(N)[nH]c(=O)c2C#N)ccc1OCC(=O)NC(C)c1ccccc1. The molecule has 3 rings (SSSR count). The van der Waals surface area contributed by atoms with Crippen LogP contribution in [0.4, 0.5) is 5.82 Å². The predicted molar refractivity (Wildman–Crippen MR) is 126 cm³/mol. The Labute approximate surface area is 196 Å². The zero-order chi connectivity index (χ0) is 24.7. The normalized spacial score (nSPS) is 11.1. The van der Waals surface area contributed by atoms with Gasteiger partial charge in [0, 0.05) is 5.56 Å². The molecule has 9 heteroatoms. The molecule has 1 heterocycles. The van der Waals surface area contributed by atoms with E-state index in [1.807, 2.05) is 49.4 Å². The van der Waals surface area contributed by atoms with Crippen molar-refractivity contribution in [3.8, 4) is 34.8 Å². The van der Waals surface area contributed by atoms with E-state index >= 15 is 0 Å². The van der Waals surface area contributed by atoms with Gasteiger partial charge in [-0.2, -0.15) is 10.5 Å². The molecule has 4 N–H and O–H groups in total. The van der Waals surface area contributed by atoms with Gasteiger partial charge in [-0.05, 0) is 37.1 Å². The molecule has 0 aliphatic rings. The van der Waals surface area contributed by atoms with Crippen molar-refractivity contribution in [3.05, 3.63) is 75.6 Å². The highest BCUT2D eigenvalue weighted by atomic mass is 16.5. The van der Waals surface area contributed by atoms with Gasteiger partial charge in [-0.1, -0.05) is 36.4 Å². The molecule has 3 aromatic rings. The number of anilines is 1. The van der Waals surface area contributed by atoms with Crippen LogP contribution < -0.4 is 26.1 Å². The predicted octanol–water partition coefficient (Wildman–Crippen LogP) is 3.02. The minimum absolute atomic E-state index is 0.0263. The van der Waals surface area contributed by atoms with Crippen LogP contribution in [0.1, 0.15) is 36.6 Å². The summed E-state index contributed by atoms with van der Waals surface area (Å²) in [7, 11) is 0. The number of aromatic nitrogens is 1. The maximum Gasteiger partial charge on any atom is 0.268 e. The number of ether oxygens (including phenoxy) is 2. The van der Waals surface area contributed by atoms with Crippen molar-refractivity contribution in [2.75, 3.05) is 18.9 Å². The third kappa shape index (κ3) is 5.17. The van der Waals surface area contributed by atoms with Gasteiger partial charge in [0.15, 0.2) is 18.1 Å². The second-order valence-electron chi connectivity index (χ2n) is 7.30. The summed E-state index contributed by atoms with van der Waals surface area (Å²) in [5.41, 5.74) is 6.28. The van der Waals surface area contributed by atoms with Crippen molar-refractivity contribution in [2.45, 2.75) is 19.9 Å². The van der Waals surface area contributed by atoms with E-state index < -0.39 is 5.56 Å². The number of H-pyrrole nitrogens is 1. The number of carbonyl (C=O) groups is 1. The minimum Gasteiger partial charge on any atom is -0.490 e. The van der Waals surface area contributed by atoms with Gasteiger partial charge >= 0.3 is 0 Å². The van der Waals surface area contributed by atoms with Crippen LogP contribution in [0, 0.1) is 22.7 Å². The van der Waals surface area contributed by atoms with Gasteiger partial charge in [0.1, 0.15) is 29.1 Å². The van der Waals surface area contributed by atoms with Gasteiger partial charge in [0.05, 0.1) is 12.6 Å². The number of amides is 1. The lowest BCUT2D eigenvalue weighted by Gasteiger charge is -2.17. The number of rotatable bonds is 8. The van der Waals surface area contributed by atoms with Crippen molar-refractivity contribution >= 4 is 11.7 Å². The number of benzene rings is 2. The quantitative estimate of drug-likeness (QED) is 0.470. The van der Waals surface area contributed by atoms with E-state index in [1.54, 1.807) is 25.1 Å². The fourth-order valence-electron chi connectivity index (χ4n) is 3.43. The standard InChI is InChI=1S/C25H23N5O4/c1-3-33-21-11-17(23-18(12-26)24(28)30-25(32)19(23)13-27)9-10-20(21)34-14-22(31)29-15(2)16-7-5-4-6-8-16/h4-11,15H,3,14H2,1-2H3,(H,29,31)(H3,28,30,32). The average molecular weight is 457 g/mol. The number of hydrogen-bond donors (Lipinski definition) is 3. The number of hydrogen-bond acceptors (Lipinski definition) is 7. The van der Waals surface area contributed by atoms with E-state index in [0.29, 0.717) is 17.9 Å². The van der Waals surface area contributed by atoms with Gasteiger partial charge in [-0.15, -0.1) is 0 Å². The third-order valence-electron chi connectivity index (χ3n) is 5.04. The highest BCUT2D eigenvalue weighted by molar-refractivity contribution is 5.81. The number of pyridine rings is 1. The molecule has 0 saturated heterocycles. The molecule has 1 unspecified atom stereocenters. The Morgan fingerprint density at radius 3 is 2.44 bits per heavy atom. The summed E-state index contributed by atoms with van der Waals surface area (Å²) >= 11 is 0. The number of carbonyl (C=O) groups excluding carboxylic acids is 1. The van der Waals surface area contributed by atoms with Crippen LogP contribution >= 0.6 is 0 Å². The summed E-state index contributed by atoms with van der Waals surface area (Å²) in [6.07, 6.45) is 0. The first-order valence-corrected chi connectivity index (χ1v) is 10.5. The third-order valence-corrected chi connectivity index (χ3v) is 5.04. The second kappa shape index (κ2) is 10.7. The molecule has 34 heavy (non-hydrogen) atoms. The zero-order valence-electron chi connectivity index (χ0n) is 18.7. The minimum atomic E-state index is -0.698. The van der Waals surface area contributed by atoms with Gasteiger partial charge in [-0.3, -0.25) is 9.59 Å². The molecule has 9 nitrogen and oxygen atoms in total.